The molecule has 120 valence electrons. The predicted molar refractivity (Wildman–Crippen MR) is 88.3 cm³/mol. The highest BCUT2D eigenvalue weighted by molar-refractivity contribution is 5.01. The molecule has 1 aliphatic rings. The van der Waals surface area contributed by atoms with Crippen molar-refractivity contribution in [3.63, 3.8) is 0 Å². The summed E-state index contributed by atoms with van der Waals surface area (Å²) in [5, 5.41) is 8.43. The maximum Gasteiger partial charge on any atom is 0.0765 e. The summed E-state index contributed by atoms with van der Waals surface area (Å²) in [5.74, 6) is 0.725. The zero-order valence-electron chi connectivity index (χ0n) is 14.3. The normalized spacial score (nSPS) is 25.4. The molecule has 4 nitrogen and oxygen atoms in total. The van der Waals surface area contributed by atoms with Gasteiger partial charge in [0.2, 0.25) is 0 Å². The summed E-state index contributed by atoms with van der Waals surface area (Å²) in [4.78, 5) is 2.64. The second kappa shape index (κ2) is 7.41. The lowest BCUT2D eigenvalue weighted by molar-refractivity contribution is 0.0818. The average molecular weight is 292 g/mol. The van der Waals surface area contributed by atoms with E-state index in [0.29, 0.717) is 18.1 Å². The number of hydrogen-bond acceptors (Lipinski definition) is 3. The van der Waals surface area contributed by atoms with Crippen molar-refractivity contribution in [3.8, 4) is 0 Å². The first-order valence-electron chi connectivity index (χ1n) is 8.56. The van der Waals surface area contributed by atoms with Gasteiger partial charge in [-0.3, -0.25) is 9.58 Å². The van der Waals surface area contributed by atoms with E-state index in [1.54, 1.807) is 0 Å². The molecule has 0 amide bonds. The van der Waals surface area contributed by atoms with Crippen molar-refractivity contribution in [1.82, 2.24) is 20.0 Å². The van der Waals surface area contributed by atoms with Crippen LogP contribution in [-0.4, -0.2) is 39.9 Å². The maximum absolute atomic E-state index is 4.73. The van der Waals surface area contributed by atoms with Gasteiger partial charge >= 0.3 is 0 Å². The van der Waals surface area contributed by atoms with Crippen LogP contribution in [0.5, 0.6) is 0 Å². The van der Waals surface area contributed by atoms with Gasteiger partial charge in [0.25, 0.3) is 0 Å². The van der Waals surface area contributed by atoms with Crippen LogP contribution in [0.2, 0.25) is 0 Å². The first kappa shape index (κ1) is 16.5. The molecular weight excluding hydrogens is 260 g/mol. The van der Waals surface area contributed by atoms with Crippen molar-refractivity contribution in [2.75, 3.05) is 13.1 Å². The van der Waals surface area contributed by atoms with Crippen LogP contribution in [-0.2, 0) is 6.54 Å². The Morgan fingerprint density at radius 3 is 2.67 bits per heavy atom. The molecule has 2 rings (SSSR count). The van der Waals surface area contributed by atoms with Gasteiger partial charge in [-0.1, -0.05) is 27.2 Å². The molecule has 0 radical (unpaired) electrons. The average Bonchev–Trinajstić information content (AvgIpc) is 2.95. The number of hydrogen-bond donors (Lipinski definition) is 1. The summed E-state index contributed by atoms with van der Waals surface area (Å²) in [7, 11) is 0. The van der Waals surface area contributed by atoms with Crippen LogP contribution in [0.25, 0.3) is 0 Å². The molecular formula is C17H32N4. The zero-order valence-corrected chi connectivity index (χ0v) is 14.3. The van der Waals surface area contributed by atoms with Crippen molar-refractivity contribution < 1.29 is 0 Å². The molecule has 1 N–H and O–H groups in total. The Kier molecular flexibility index (Phi) is 5.82. The lowest BCUT2D eigenvalue weighted by Crippen LogP contribution is -2.57. The minimum Gasteiger partial charge on any atom is -0.311 e. The quantitative estimate of drug-likeness (QED) is 0.875. The third-order valence-corrected chi connectivity index (χ3v) is 4.89. The third-order valence-electron chi connectivity index (χ3n) is 4.89. The summed E-state index contributed by atoms with van der Waals surface area (Å²) < 4.78 is 2.06. The SMILES string of the molecule is CCC1CN(Cc2ccn(C(C)C)n2)C(C(C)CC)CN1. The fourth-order valence-electron chi connectivity index (χ4n) is 3.15. The van der Waals surface area contributed by atoms with Gasteiger partial charge in [0.05, 0.1) is 5.69 Å². The van der Waals surface area contributed by atoms with E-state index in [9.17, 15) is 0 Å². The van der Waals surface area contributed by atoms with Crippen molar-refractivity contribution in [2.24, 2.45) is 5.92 Å². The van der Waals surface area contributed by atoms with E-state index >= 15 is 0 Å². The smallest absolute Gasteiger partial charge is 0.0765 e. The highest BCUT2D eigenvalue weighted by atomic mass is 15.3. The van der Waals surface area contributed by atoms with E-state index in [4.69, 9.17) is 5.10 Å². The second-order valence-corrected chi connectivity index (χ2v) is 6.78. The van der Waals surface area contributed by atoms with Crippen LogP contribution in [0, 0.1) is 5.92 Å². The second-order valence-electron chi connectivity index (χ2n) is 6.78. The van der Waals surface area contributed by atoms with Crippen LogP contribution < -0.4 is 5.32 Å². The third kappa shape index (κ3) is 4.07. The molecule has 0 saturated carbocycles. The Balaban J connectivity index is 2.07. The van der Waals surface area contributed by atoms with Crippen LogP contribution in [0.15, 0.2) is 12.3 Å². The monoisotopic (exact) mass is 292 g/mol. The van der Waals surface area contributed by atoms with Gasteiger partial charge < -0.3 is 5.32 Å². The Morgan fingerprint density at radius 1 is 1.33 bits per heavy atom. The van der Waals surface area contributed by atoms with Gasteiger partial charge in [-0.2, -0.15) is 5.10 Å². The van der Waals surface area contributed by atoms with Gasteiger partial charge in [-0.15, -0.1) is 0 Å². The van der Waals surface area contributed by atoms with Crippen LogP contribution >= 0.6 is 0 Å². The van der Waals surface area contributed by atoms with E-state index in [2.05, 4.69) is 61.8 Å². The summed E-state index contributed by atoms with van der Waals surface area (Å²) in [6.07, 6.45) is 4.54. The Bertz CT molecular complexity index is 426. The fraction of sp³-hybridized carbons (Fsp3) is 0.824. The molecule has 0 spiro atoms. The molecule has 1 saturated heterocycles. The number of piperazine rings is 1. The molecule has 1 aromatic rings. The number of rotatable bonds is 6. The summed E-state index contributed by atoms with van der Waals surface area (Å²) >= 11 is 0. The van der Waals surface area contributed by atoms with Gasteiger partial charge in [0, 0.05) is 44.0 Å². The molecule has 1 fully saturated rings. The van der Waals surface area contributed by atoms with Crippen LogP contribution in [0.1, 0.15) is 59.2 Å². The van der Waals surface area contributed by atoms with Crippen molar-refractivity contribution >= 4 is 0 Å². The largest absolute Gasteiger partial charge is 0.311 e. The van der Waals surface area contributed by atoms with Crippen molar-refractivity contribution in [1.29, 1.82) is 0 Å². The minimum atomic E-state index is 0.440. The Morgan fingerprint density at radius 2 is 2.10 bits per heavy atom. The molecule has 2 heterocycles. The van der Waals surface area contributed by atoms with E-state index in [-0.39, 0.29) is 0 Å². The van der Waals surface area contributed by atoms with Gasteiger partial charge in [-0.25, -0.2) is 0 Å². The van der Waals surface area contributed by atoms with Gasteiger partial charge in [0.1, 0.15) is 0 Å². The van der Waals surface area contributed by atoms with E-state index < -0.39 is 0 Å². The highest BCUT2D eigenvalue weighted by Crippen LogP contribution is 2.21. The minimum absolute atomic E-state index is 0.440. The van der Waals surface area contributed by atoms with Crippen LogP contribution in [0.4, 0.5) is 0 Å². The first-order chi connectivity index (χ1) is 10.0. The topological polar surface area (TPSA) is 33.1 Å². The number of nitrogens with one attached hydrogen (secondary N) is 1. The number of aromatic nitrogens is 2. The number of nitrogens with zero attached hydrogens (tertiary/aromatic N) is 3. The lowest BCUT2D eigenvalue weighted by Gasteiger charge is -2.42. The molecule has 4 heteroatoms. The maximum atomic E-state index is 4.73. The van der Waals surface area contributed by atoms with E-state index in [0.717, 1.165) is 25.6 Å². The standard InChI is InChI=1S/C17H32N4/c1-6-14(5)17-10-18-15(7-2)11-20(17)12-16-8-9-21(19-16)13(3)4/h8-9,13-15,17-18H,6-7,10-12H2,1-5H3. The molecule has 0 aromatic carbocycles. The molecule has 0 bridgehead atoms. The van der Waals surface area contributed by atoms with E-state index in [1.807, 2.05) is 0 Å². The van der Waals surface area contributed by atoms with Crippen molar-refractivity contribution in [2.45, 2.75) is 72.1 Å². The van der Waals surface area contributed by atoms with E-state index in [1.165, 1.54) is 18.5 Å². The zero-order chi connectivity index (χ0) is 15.4. The summed E-state index contributed by atoms with van der Waals surface area (Å²) in [6, 6.07) is 3.87. The molecule has 3 unspecified atom stereocenters. The Labute approximate surface area is 129 Å². The molecule has 0 aliphatic carbocycles. The molecule has 1 aromatic heterocycles. The molecule has 3 atom stereocenters. The molecule has 1 aliphatic heterocycles. The predicted octanol–water partition coefficient (Wildman–Crippen LogP) is 3.06. The van der Waals surface area contributed by atoms with Crippen molar-refractivity contribution in [3.05, 3.63) is 18.0 Å². The Hall–Kier alpha value is -0.870. The highest BCUT2D eigenvalue weighted by Gasteiger charge is 2.30. The van der Waals surface area contributed by atoms with Gasteiger partial charge in [-0.05, 0) is 32.3 Å². The fourth-order valence-corrected chi connectivity index (χ4v) is 3.15. The lowest BCUT2D eigenvalue weighted by atomic mass is 9.94. The van der Waals surface area contributed by atoms with Gasteiger partial charge in [0.15, 0.2) is 0 Å². The van der Waals surface area contributed by atoms with Crippen LogP contribution in [0.3, 0.4) is 0 Å². The summed E-state index contributed by atoms with van der Waals surface area (Å²) in [5.41, 5.74) is 1.20. The molecule has 21 heavy (non-hydrogen) atoms. The first-order valence-corrected chi connectivity index (χ1v) is 8.56. The summed E-state index contributed by atoms with van der Waals surface area (Å²) in [6.45, 7) is 14.5.